The van der Waals surface area contributed by atoms with Gasteiger partial charge in [0.05, 0.1) is 0 Å². The van der Waals surface area contributed by atoms with Gasteiger partial charge in [0.1, 0.15) is 0 Å². The average molecular weight is 281 g/mol. The summed E-state index contributed by atoms with van der Waals surface area (Å²) in [7, 11) is 0. The van der Waals surface area contributed by atoms with Crippen molar-refractivity contribution in [1.82, 2.24) is 0 Å². The second kappa shape index (κ2) is 4.56. The summed E-state index contributed by atoms with van der Waals surface area (Å²) in [4.78, 5) is 0. The van der Waals surface area contributed by atoms with Gasteiger partial charge in [0.15, 0.2) is 0 Å². The molecule has 0 amide bonds. The van der Waals surface area contributed by atoms with Gasteiger partial charge in [-0.2, -0.15) is 12.8 Å². The largest absolute Gasteiger partial charge is 0.328 e. The molecule has 1 aliphatic rings. The molecule has 1 saturated carbocycles. The summed E-state index contributed by atoms with van der Waals surface area (Å²) in [5.41, 5.74) is 0. The van der Waals surface area contributed by atoms with E-state index in [0.29, 0.717) is 0 Å². The van der Waals surface area contributed by atoms with E-state index in [9.17, 15) is 0 Å². The fraction of sp³-hybridized carbons (Fsp3) is 0.857. The molecule has 0 atom stereocenters. The normalized spacial score (nSPS) is 22.1. The van der Waals surface area contributed by atoms with Gasteiger partial charge >= 0.3 is 0 Å². The van der Waals surface area contributed by atoms with Gasteiger partial charge in [-0.25, -0.2) is 0 Å². The van der Waals surface area contributed by atoms with Crippen molar-refractivity contribution in [1.29, 1.82) is 0 Å². The van der Waals surface area contributed by atoms with Crippen molar-refractivity contribution in [2.24, 2.45) is 5.92 Å². The van der Waals surface area contributed by atoms with E-state index in [-0.39, 0.29) is 21.1 Å². The second-order valence-corrected chi connectivity index (χ2v) is 2.55. The Morgan fingerprint density at radius 1 is 1.25 bits per heavy atom. The second-order valence-electron chi connectivity index (χ2n) is 2.55. The van der Waals surface area contributed by atoms with Gasteiger partial charge in [0, 0.05) is 21.1 Å². The van der Waals surface area contributed by atoms with Crippen molar-refractivity contribution >= 4 is 0 Å². The van der Waals surface area contributed by atoms with Gasteiger partial charge in [0.25, 0.3) is 0 Å². The van der Waals surface area contributed by atoms with Crippen molar-refractivity contribution < 1.29 is 21.1 Å². The maximum atomic E-state index is 2.40. The predicted molar refractivity (Wildman–Crippen MR) is 31.9 cm³/mol. The van der Waals surface area contributed by atoms with Crippen LogP contribution in [0.4, 0.5) is 0 Å². The SMILES string of the molecule is CC1CC[CH-]CC1.[W]. The summed E-state index contributed by atoms with van der Waals surface area (Å²) in [6.45, 7) is 2.34. The van der Waals surface area contributed by atoms with Crippen molar-refractivity contribution in [3.8, 4) is 0 Å². The zero-order valence-corrected chi connectivity index (χ0v) is 8.32. The van der Waals surface area contributed by atoms with E-state index in [2.05, 4.69) is 13.3 Å². The number of rotatable bonds is 0. The minimum atomic E-state index is 0. The van der Waals surface area contributed by atoms with Gasteiger partial charge < -0.3 is 6.42 Å². The van der Waals surface area contributed by atoms with Gasteiger partial charge in [-0.1, -0.05) is 19.8 Å². The molecule has 8 heavy (non-hydrogen) atoms. The summed E-state index contributed by atoms with van der Waals surface area (Å²) in [5.74, 6) is 1.00. The molecule has 0 aromatic heterocycles. The Bertz CT molecular complexity index is 46.3. The Labute approximate surface area is 66.3 Å². The van der Waals surface area contributed by atoms with Crippen molar-refractivity contribution in [3.63, 3.8) is 0 Å². The monoisotopic (exact) mass is 281 g/mol. The molecule has 0 bridgehead atoms. The zero-order chi connectivity index (χ0) is 5.11. The molecule has 0 spiro atoms. The molecule has 1 rings (SSSR count). The number of hydrogen-bond donors (Lipinski definition) is 0. The molecule has 1 heteroatoms. The summed E-state index contributed by atoms with van der Waals surface area (Å²) in [6.07, 6.45) is 7.99. The average Bonchev–Trinajstić information content (AvgIpc) is 1.69. The zero-order valence-electron chi connectivity index (χ0n) is 5.39. The first-order valence-electron chi connectivity index (χ1n) is 3.21. The minimum absolute atomic E-state index is 0. The quantitative estimate of drug-likeness (QED) is 0.598. The van der Waals surface area contributed by atoms with Crippen LogP contribution in [0.2, 0.25) is 0 Å². The Kier molecular flexibility index (Phi) is 4.95. The molecule has 0 saturated heterocycles. The molecule has 0 aromatic carbocycles. The first kappa shape index (κ1) is 8.69. The minimum Gasteiger partial charge on any atom is -0.328 e. The van der Waals surface area contributed by atoms with Crippen LogP contribution < -0.4 is 0 Å². The Balaban J connectivity index is 0.000000490. The summed E-state index contributed by atoms with van der Waals surface area (Å²) in [6, 6.07) is 0. The van der Waals surface area contributed by atoms with Crippen molar-refractivity contribution in [2.45, 2.75) is 32.6 Å². The Morgan fingerprint density at radius 3 is 2.00 bits per heavy atom. The van der Waals surface area contributed by atoms with E-state index >= 15 is 0 Å². The van der Waals surface area contributed by atoms with E-state index in [1.54, 1.807) is 0 Å². The molecule has 0 aliphatic heterocycles. The summed E-state index contributed by atoms with van der Waals surface area (Å²) < 4.78 is 0. The maximum Gasteiger partial charge on any atom is 0 e. The molecule has 0 N–H and O–H groups in total. The third-order valence-electron chi connectivity index (χ3n) is 1.73. The molecule has 48 valence electrons. The molecule has 0 aromatic rings. The van der Waals surface area contributed by atoms with Crippen LogP contribution in [0.5, 0.6) is 0 Å². The molecule has 1 fully saturated rings. The van der Waals surface area contributed by atoms with Crippen molar-refractivity contribution in [3.05, 3.63) is 6.42 Å². The summed E-state index contributed by atoms with van der Waals surface area (Å²) >= 11 is 0. The van der Waals surface area contributed by atoms with Crippen LogP contribution in [0.3, 0.4) is 0 Å². The first-order valence-corrected chi connectivity index (χ1v) is 3.21. The molecular weight excluding hydrogens is 268 g/mol. The third kappa shape index (κ3) is 2.87. The molecule has 0 heterocycles. The molecule has 1 aliphatic carbocycles. The van der Waals surface area contributed by atoms with E-state index in [0.717, 1.165) is 5.92 Å². The van der Waals surface area contributed by atoms with Crippen LogP contribution in [0.1, 0.15) is 32.6 Å². The van der Waals surface area contributed by atoms with Gasteiger partial charge in [-0.05, 0) is 5.92 Å². The topological polar surface area (TPSA) is 0 Å². The van der Waals surface area contributed by atoms with Gasteiger partial charge in [-0.15, -0.1) is 0 Å². The van der Waals surface area contributed by atoms with Gasteiger partial charge in [0.2, 0.25) is 0 Å². The van der Waals surface area contributed by atoms with Crippen LogP contribution in [0.25, 0.3) is 0 Å². The maximum absolute atomic E-state index is 2.40. The molecular formula is C7H13W-. The first-order chi connectivity index (χ1) is 3.39. The van der Waals surface area contributed by atoms with Crippen LogP contribution >= 0.6 is 0 Å². The fourth-order valence-corrected chi connectivity index (χ4v) is 1.09. The summed E-state index contributed by atoms with van der Waals surface area (Å²) in [5, 5.41) is 0. The molecule has 0 nitrogen and oxygen atoms in total. The van der Waals surface area contributed by atoms with E-state index in [4.69, 9.17) is 0 Å². The Hall–Kier alpha value is 0.688. The van der Waals surface area contributed by atoms with Crippen LogP contribution in [0, 0.1) is 12.3 Å². The molecule has 0 radical (unpaired) electrons. The van der Waals surface area contributed by atoms with Gasteiger partial charge in [-0.3, -0.25) is 0 Å². The fourth-order valence-electron chi connectivity index (χ4n) is 1.09. The predicted octanol–water partition coefficient (Wildman–Crippen LogP) is 2.40. The van der Waals surface area contributed by atoms with E-state index in [1.165, 1.54) is 25.7 Å². The van der Waals surface area contributed by atoms with E-state index < -0.39 is 0 Å². The Morgan fingerprint density at radius 2 is 1.75 bits per heavy atom. The van der Waals surface area contributed by atoms with Crippen LogP contribution in [-0.4, -0.2) is 0 Å². The smallest absolute Gasteiger partial charge is 0 e. The standard InChI is InChI=1S/C7H13.W/c1-7-5-3-2-4-6-7;/h2,7H,3-6H2,1H3;/q-1;. The third-order valence-corrected chi connectivity index (χ3v) is 1.73. The van der Waals surface area contributed by atoms with Crippen LogP contribution in [0.15, 0.2) is 0 Å². The van der Waals surface area contributed by atoms with Crippen LogP contribution in [-0.2, 0) is 21.1 Å². The number of hydrogen-bond acceptors (Lipinski definition) is 0. The van der Waals surface area contributed by atoms with Crippen molar-refractivity contribution in [2.75, 3.05) is 0 Å². The van der Waals surface area contributed by atoms with E-state index in [1.807, 2.05) is 0 Å². The molecule has 0 unspecified atom stereocenters.